The van der Waals surface area contributed by atoms with Gasteiger partial charge in [0.25, 0.3) is 0 Å². The van der Waals surface area contributed by atoms with Crippen LogP contribution in [0.15, 0.2) is 18.2 Å². The lowest BCUT2D eigenvalue weighted by atomic mass is 10.2. The maximum absolute atomic E-state index is 5.90. The van der Waals surface area contributed by atoms with Gasteiger partial charge in [0.1, 0.15) is 5.75 Å². The minimum absolute atomic E-state index is 0.511. The zero-order valence-corrected chi connectivity index (χ0v) is 11.7. The van der Waals surface area contributed by atoms with E-state index < -0.39 is 0 Å². The summed E-state index contributed by atoms with van der Waals surface area (Å²) in [5, 5.41) is 4.15. The Labute approximate surface area is 109 Å². The van der Waals surface area contributed by atoms with Crippen LogP contribution in [0.25, 0.3) is 0 Å². The zero-order chi connectivity index (χ0) is 12.7. The second-order valence-electron chi connectivity index (χ2n) is 4.53. The van der Waals surface area contributed by atoms with Gasteiger partial charge >= 0.3 is 0 Å². The first-order valence-electron chi connectivity index (χ1n) is 6.23. The van der Waals surface area contributed by atoms with Crippen LogP contribution in [0.3, 0.4) is 0 Å². The molecule has 1 rings (SSSR count). The summed E-state index contributed by atoms with van der Waals surface area (Å²) in [6, 6.07) is 5.73. The lowest BCUT2D eigenvalue weighted by molar-refractivity contribution is 0.254. The molecule has 0 bridgehead atoms. The quantitative estimate of drug-likeness (QED) is 0.751. The predicted molar refractivity (Wildman–Crippen MR) is 74.0 cm³/mol. The van der Waals surface area contributed by atoms with Gasteiger partial charge in [-0.3, -0.25) is 0 Å². The van der Waals surface area contributed by atoms with Crippen molar-refractivity contribution in [3.63, 3.8) is 0 Å². The van der Waals surface area contributed by atoms with Crippen LogP contribution in [-0.4, -0.2) is 19.7 Å². The average Bonchev–Trinajstić information content (AvgIpc) is 2.28. The van der Waals surface area contributed by atoms with Crippen molar-refractivity contribution in [1.29, 1.82) is 0 Å². The molecule has 0 saturated heterocycles. The number of aryl methyl sites for hydroxylation is 1. The molecule has 0 aromatic heterocycles. The number of rotatable bonds is 7. The third kappa shape index (κ3) is 5.42. The Hall–Kier alpha value is -0.730. The Kier molecular flexibility index (Phi) is 6.38. The van der Waals surface area contributed by atoms with Crippen molar-refractivity contribution in [2.24, 2.45) is 5.92 Å². The highest BCUT2D eigenvalue weighted by molar-refractivity contribution is 6.30. The first-order valence-corrected chi connectivity index (χ1v) is 6.61. The van der Waals surface area contributed by atoms with Crippen LogP contribution in [0.1, 0.15) is 25.8 Å². The van der Waals surface area contributed by atoms with E-state index in [9.17, 15) is 0 Å². The van der Waals surface area contributed by atoms with E-state index in [1.807, 2.05) is 25.1 Å². The summed E-state index contributed by atoms with van der Waals surface area (Å²) in [6.45, 7) is 9.18. The molecular weight excluding hydrogens is 234 g/mol. The number of ether oxygens (including phenoxy) is 1. The maximum Gasteiger partial charge on any atom is 0.122 e. The van der Waals surface area contributed by atoms with Gasteiger partial charge in [-0.2, -0.15) is 0 Å². The van der Waals surface area contributed by atoms with E-state index in [1.165, 1.54) is 6.42 Å². The smallest absolute Gasteiger partial charge is 0.122 e. The van der Waals surface area contributed by atoms with Crippen LogP contribution in [-0.2, 0) is 0 Å². The molecule has 1 unspecified atom stereocenters. The van der Waals surface area contributed by atoms with Crippen LogP contribution >= 0.6 is 11.6 Å². The molecule has 0 radical (unpaired) electrons. The third-order valence-corrected chi connectivity index (χ3v) is 2.82. The van der Waals surface area contributed by atoms with Crippen LogP contribution in [0, 0.1) is 12.8 Å². The molecule has 96 valence electrons. The van der Waals surface area contributed by atoms with Crippen molar-refractivity contribution in [1.82, 2.24) is 5.32 Å². The molecule has 0 spiro atoms. The van der Waals surface area contributed by atoms with Crippen molar-refractivity contribution < 1.29 is 4.74 Å². The highest BCUT2D eigenvalue weighted by Gasteiger charge is 2.05. The normalized spacial score (nSPS) is 12.5. The van der Waals surface area contributed by atoms with E-state index in [0.29, 0.717) is 5.92 Å². The lowest BCUT2D eigenvalue weighted by Gasteiger charge is -2.15. The zero-order valence-electron chi connectivity index (χ0n) is 10.9. The largest absolute Gasteiger partial charge is 0.493 e. The standard InChI is InChI=1S/C14H22ClNO/c1-4-7-16-9-11(2)10-17-14-6-5-13(15)8-12(14)3/h5-6,8,11,16H,4,7,9-10H2,1-3H3. The fraction of sp³-hybridized carbons (Fsp3) is 0.571. The molecule has 0 amide bonds. The summed E-state index contributed by atoms with van der Waals surface area (Å²) in [5.74, 6) is 1.44. The highest BCUT2D eigenvalue weighted by atomic mass is 35.5. The van der Waals surface area contributed by atoms with Gasteiger partial charge in [0.2, 0.25) is 0 Å². The third-order valence-electron chi connectivity index (χ3n) is 2.58. The van der Waals surface area contributed by atoms with Crippen LogP contribution in [0.5, 0.6) is 5.75 Å². The number of halogens is 1. The van der Waals surface area contributed by atoms with E-state index in [2.05, 4.69) is 19.2 Å². The van der Waals surface area contributed by atoms with Gasteiger partial charge in [0, 0.05) is 17.5 Å². The van der Waals surface area contributed by atoms with Crippen LogP contribution < -0.4 is 10.1 Å². The summed E-state index contributed by atoms with van der Waals surface area (Å²) in [6.07, 6.45) is 1.17. The van der Waals surface area contributed by atoms with Crippen molar-refractivity contribution >= 4 is 11.6 Å². The minimum atomic E-state index is 0.511. The van der Waals surface area contributed by atoms with Crippen LogP contribution in [0.2, 0.25) is 5.02 Å². The van der Waals surface area contributed by atoms with Gasteiger partial charge in [-0.1, -0.05) is 25.4 Å². The Bertz CT molecular complexity index is 341. The number of hydrogen-bond donors (Lipinski definition) is 1. The van der Waals surface area contributed by atoms with Crippen molar-refractivity contribution in [2.75, 3.05) is 19.7 Å². The lowest BCUT2D eigenvalue weighted by Crippen LogP contribution is -2.25. The Balaban J connectivity index is 2.34. The summed E-state index contributed by atoms with van der Waals surface area (Å²) in [5.41, 5.74) is 1.09. The second kappa shape index (κ2) is 7.57. The summed E-state index contributed by atoms with van der Waals surface area (Å²) >= 11 is 5.90. The highest BCUT2D eigenvalue weighted by Crippen LogP contribution is 2.22. The van der Waals surface area contributed by atoms with Gasteiger partial charge in [0.15, 0.2) is 0 Å². The second-order valence-corrected chi connectivity index (χ2v) is 4.97. The van der Waals surface area contributed by atoms with Crippen molar-refractivity contribution in [2.45, 2.75) is 27.2 Å². The molecule has 0 aliphatic carbocycles. The SMILES string of the molecule is CCCNCC(C)COc1ccc(Cl)cc1C. The average molecular weight is 256 g/mol. The molecule has 17 heavy (non-hydrogen) atoms. The van der Waals surface area contributed by atoms with Gasteiger partial charge in [-0.25, -0.2) is 0 Å². The molecule has 0 aliphatic rings. The maximum atomic E-state index is 5.90. The Morgan fingerprint density at radius 1 is 1.41 bits per heavy atom. The van der Waals surface area contributed by atoms with Gasteiger partial charge in [-0.15, -0.1) is 0 Å². The Morgan fingerprint density at radius 2 is 2.18 bits per heavy atom. The number of benzene rings is 1. The summed E-state index contributed by atoms with van der Waals surface area (Å²) in [4.78, 5) is 0. The minimum Gasteiger partial charge on any atom is -0.493 e. The molecule has 1 N–H and O–H groups in total. The number of hydrogen-bond acceptors (Lipinski definition) is 2. The van der Waals surface area contributed by atoms with Gasteiger partial charge in [0.05, 0.1) is 6.61 Å². The van der Waals surface area contributed by atoms with Gasteiger partial charge in [-0.05, 0) is 43.7 Å². The van der Waals surface area contributed by atoms with E-state index in [-0.39, 0.29) is 0 Å². The van der Waals surface area contributed by atoms with E-state index >= 15 is 0 Å². The van der Waals surface area contributed by atoms with Gasteiger partial charge < -0.3 is 10.1 Å². The molecule has 3 heteroatoms. The first kappa shape index (κ1) is 14.3. The molecule has 2 nitrogen and oxygen atoms in total. The molecule has 1 aromatic carbocycles. The fourth-order valence-electron chi connectivity index (χ4n) is 1.59. The molecule has 1 atom stereocenters. The van der Waals surface area contributed by atoms with Crippen molar-refractivity contribution in [3.05, 3.63) is 28.8 Å². The van der Waals surface area contributed by atoms with E-state index in [1.54, 1.807) is 0 Å². The Morgan fingerprint density at radius 3 is 2.82 bits per heavy atom. The predicted octanol–water partition coefficient (Wildman–Crippen LogP) is 3.66. The number of nitrogens with one attached hydrogen (secondary N) is 1. The van der Waals surface area contributed by atoms with E-state index in [0.717, 1.165) is 36.0 Å². The molecule has 1 aromatic rings. The molecule has 0 heterocycles. The molecule has 0 saturated carbocycles. The molecule has 0 aliphatic heterocycles. The summed E-state index contributed by atoms with van der Waals surface area (Å²) in [7, 11) is 0. The van der Waals surface area contributed by atoms with E-state index in [4.69, 9.17) is 16.3 Å². The topological polar surface area (TPSA) is 21.3 Å². The monoisotopic (exact) mass is 255 g/mol. The fourth-order valence-corrected chi connectivity index (χ4v) is 1.82. The summed E-state index contributed by atoms with van der Waals surface area (Å²) < 4.78 is 5.79. The molecular formula is C14H22ClNO. The molecule has 0 fully saturated rings. The first-order chi connectivity index (χ1) is 8.13. The van der Waals surface area contributed by atoms with Crippen LogP contribution in [0.4, 0.5) is 0 Å². The van der Waals surface area contributed by atoms with Crippen molar-refractivity contribution in [3.8, 4) is 5.75 Å².